The maximum absolute atomic E-state index is 13.5. The van der Waals surface area contributed by atoms with Gasteiger partial charge >= 0.3 is 12.1 Å². The molecule has 3 unspecified atom stereocenters. The van der Waals surface area contributed by atoms with Crippen molar-refractivity contribution >= 4 is 23.8 Å². The Kier molecular flexibility index (Phi) is 10.2. The van der Waals surface area contributed by atoms with Crippen LogP contribution in [0.15, 0.2) is 30.3 Å². The molecular weight excluding hydrogens is 534 g/mol. The van der Waals surface area contributed by atoms with Crippen LogP contribution in [0.2, 0.25) is 0 Å². The SMILES string of the molecule is CCOC(=O)N1CCNC(C(=O)C(CCC(=O)O)NC(=O)c2cc(OC3CCOC3)nc(-c3ccc(C)cc3)n2)C1. The van der Waals surface area contributed by atoms with Crippen LogP contribution in [-0.4, -0.2) is 101 Å². The third kappa shape index (κ3) is 8.21. The molecule has 2 fully saturated rings. The van der Waals surface area contributed by atoms with Gasteiger partial charge in [-0.05, 0) is 20.3 Å². The number of aromatic nitrogens is 2. The lowest BCUT2D eigenvalue weighted by molar-refractivity contribution is -0.137. The lowest BCUT2D eigenvalue weighted by Gasteiger charge is -2.33. The summed E-state index contributed by atoms with van der Waals surface area (Å²) in [6, 6.07) is 6.88. The Morgan fingerprint density at radius 3 is 2.68 bits per heavy atom. The fourth-order valence-electron chi connectivity index (χ4n) is 4.56. The van der Waals surface area contributed by atoms with E-state index in [0.717, 1.165) is 5.56 Å². The fourth-order valence-corrected chi connectivity index (χ4v) is 4.56. The molecule has 0 spiro atoms. The van der Waals surface area contributed by atoms with Crippen LogP contribution in [0.3, 0.4) is 0 Å². The Bertz CT molecular complexity index is 1250. The summed E-state index contributed by atoms with van der Waals surface area (Å²) in [5.74, 6) is -1.79. The van der Waals surface area contributed by atoms with Gasteiger partial charge < -0.3 is 34.9 Å². The van der Waals surface area contributed by atoms with Crippen LogP contribution >= 0.6 is 0 Å². The van der Waals surface area contributed by atoms with Gasteiger partial charge in [-0.15, -0.1) is 0 Å². The molecule has 2 aliphatic heterocycles. The number of aliphatic carboxylic acids is 1. The largest absolute Gasteiger partial charge is 0.481 e. The van der Waals surface area contributed by atoms with Crippen molar-refractivity contribution in [2.75, 3.05) is 39.5 Å². The van der Waals surface area contributed by atoms with Crippen LogP contribution in [0.4, 0.5) is 4.79 Å². The van der Waals surface area contributed by atoms with E-state index >= 15 is 0 Å². The Morgan fingerprint density at radius 2 is 2.00 bits per heavy atom. The Labute approximate surface area is 237 Å². The highest BCUT2D eigenvalue weighted by Crippen LogP contribution is 2.22. The number of amides is 2. The molecule has 0 bridgehead atoms. The number of ketones is 1. The van der Waals surface area contributed by atoms with Gasteiger partial charge in [0.25, 0.3) is 5.91 Å². The molecule has 220 valence electrons. The molecule has 2 aliphatic rings. The quantitative estimate of drug-likeness (QED) is 0.359. The first-order valence-electron chi connectivity index (χ1n) is 13.7. The number of carbonyl (C=O) groups is 4. The number of Topliss-reactive ketones (excluding diaryl/α,β-unsaturated/α-hetero) is 1. The number of rotatable bonds is 11. The molecule has 13 nitrogen and oxygen atoms in total. The summed E-state index contributed by atoms with van der Waals surface area (Å²) in [6.07, 6.45) is -0.580. The maximum Gasteiger partial charge on any atom is 0.409 e. The highest BCUT2D eigenvalue weighted by Gasteiger charge is 2.34. The summed E-state index contributed by atoms with van der Waals surface area (Å²) < 4.78 is 16.4. The van der Waals surface area contributed by atoms with E-state index in [1.54, 1.807) is 6.92 Å². The van der Waals surface area contributed by atoms with E-state index in [-0.39, 0.29) is 49.5 Å². The summed E-state index contributed by atoms with van der Waals surface area (Å²) in [4.78, 5) is 60.9. The summed E-state index contributed by atoms with van der Waals surface area (Å²) in [6.45, 7) is 5.52. The van der Waals surface area contributed by atoms with Crippen molar-refractivity contribution in [1.29, 1.82) is 0 Å². The highest BCUT2D eigenvalue weighted by molar-refractivity contribution is 5.98. The number of ether oxygens (including phenoxy) is 3. The van der Waals surface area contributed by atoms with Gasteiger partial charge in [-0.2, -0.15) is 4.98 Å². The molecule has 1 aromatic carbocycles. The molecule has 3 heterocycles. The van der Waals surface area contributed by atoms with Crippen molar-refractivity contribution < 1.29 is 38.5 Å². The molecule has 2 aromatic rings. The first-order chi connectivity index (χ1) is 19.7. The molecule has 0 aliphatic carbocycles. The number of carboxylic acid groups (broad SMARTS) is 1. The predicted octanol–water partition coefficient (Wildman–Crippen LogP) is 1.58. The van der Waals surface area contributed by atoms with E-state index in [1.165, 1.54) is 11.0 Å². The van der Waals surface area contributed by atoms with E-state index < -0.39 is 35.8 Å². The second kappa shape index (κ2) is 14.0. The van der Waals surface area contributed by atoms with E-state index in [1.807, 2.05) is 31.2 Å². The standard InChI is InChI=1S/C28H35N5O8/c1-3-40-28(38)33-12-11-29-22(15-33)25(36)20(8-9-24(34)35)31-27(37)21-14-23(41-19-10-13-39-16-19)32-26(30-21)18-6-4-17(2)5-7-18/h4-7,14,19-20,22,29H,3,8-13,15-16H2,1-2H3,(H,31,37)(H,34,35). The first-order valence-corrected chi connectivity index (χ1v) is 13.7. The molecule has 0 radical (unpaired) electrons. The molecule has 2 amide bonds. The second-order valence-electron chi connectivity index (χ2n) is 9.90. The van der Waals surface area contributed by atoms with Gasteiger partial charge in [-0.3, -0.25) is 14.4 Å². The van der Waals surface area contributed by atoms with Crippen LogP contribution in [0, 0.1) is 6.92 Å². The van der Waals surface area contributed by atoms with Crippen molar-refractivity contribution in [2.24, 2.45) is 0 Å². The minimum Gasteiger partial charge on any atom is -0.481 e. The third-order valence-electron chi connectivity index (χ3n) is 6.76. The lowest BCUT2D eigenvalue weighted by atomic mass is 9.98. The Balaban J connectivity index is 1.57. The monoisotopic (exact) mass is 569 g/mol. The lowest BCUT2D eigenvalue weighted by Crippen LogP contribution is -2.59. The molecule has 1 aromatic heterocycles. The molecule has 41 heavy (non-hydrogen) atoms. The number of nitrogens with zero attached hydrogens (tertiary/aromatic N) is 3. The van der Waals surface area contributed by atoms with Crippen LogP contribution in [0.5, 0.6) is 5.88 Å². The Hall–Kier alpha value is -4.10. The van der Waals surface area contributed by atoms with E-state index in [9.17, 15) is 24.3 Å². The topological polar surface area (TPSA) is 169 Å². The van der Waals surface area contributed by atoms with E-state index in [0.29, 0.717) is 38.3 Å². The molecule has 13 heteroatoms. The number of aryl methyl sites for hydroxylation is 1. The highest BCUT2D eigenvalue weighted by atomic mass is 16.6. The predicted molar refractivity (Wildman–Crippen MR) is 146 cm³/mol. The minimum absolute atomic E-state index is 0.0314. The molecule has 3 atom stereocenters. The zero-order chi connectivity index (χ0) is 29.4. The van der Waals surface area contributed by atoms with Gasteiger partial charge in [0.2, 0.25) is 5.88 Å². The molecule has 0 saturated carbocycles. The van der Waals surface area contributed by atoms with E-state index in [4.69, 9.17) is 14.2 Å². The first kappa shape index (κ1) is 29.9. The van der Waals surface area contributed by atoms with Gasteiger partial charge in [0.05, 0.1) is 31.9 Å². The van der Waals surface area contributed by atoms with Crippen molar-refractivity contribution in [2.45, 2.75) is 51.3 Å². The normalized spacial score (nSPS) is 19.3. The third-order valence-corrected chi connectivity index (χ3v) is 6.76. The number of carboxylic acids is 1. The number of piperazine rings is 1. The van der Waals surface area contributed by atoms with Crippen molar-refractivity contribution in [3.63, 3.8) is 0 Å². The number of hydrogen-bond acceptors (Lipinski definition) is 10. The fraction of sp³-hybridized carbons (Fsp3) is 0.500. The molecule has 3 N–H and O–H groups in total. The zero-order valence-corrected chi connectivity index (χ0v) is 23.1. The van der Waals surface area contributed by atoms with Gasteiger partial charge in [-0.25, -0.2) is 9.78 Å². The van der Waals surface area contributed by atoms with Crippen molar-refractivity contribution in [1.82, 2.24) is 25.5 Å². The van der Waals surface area contributed by atoms with Crippen molar-refractivity contribution in [3.8, 4) is 17.3 Å². The second-order valence-corrected chi connectivity index (χ2v) is 9.90. The summed E-state index contributed by atoms with van der Waals surface area (Å²) in [5, 5.41) is 15.0. The maximum atomic E-state index is 13.5. The molecule has 4 rings (SSSR count). The zero-order valence-electron chi connectivity index (χ0n) is 23.1. The molecular formula is C28H35N5O8. The van der Waals surface area contributed by atoms with Gasteiger partial charge in [0.15, 0.2) is 11.6 Å². The summed E-state index contributed by atoms with van der Waals surface area (Å²) >= 11 is 0. The van der Waals surface area contributed by atoms with E-state index in [2.05, 4.69) is 20.6 Å². The Morgan fingerprint density at radius 1 is 1.22 bits per heavy atom. The van der Waals surface area contributed by atoms with Gasteiger partial charge in [0, 0.05) is 44.1 Å². The van der Waals surface area contributed by atoms with Crippen LogP contribution in [0.1, 0.15) is 42.2 Å². The van der Waals surface area contributed by atoms with Gasteiger partial charge in [0.1, 0.15) is 11.8 Å². The average Bonchev–Trinajstić information content (AvgIpc) is 3.48. The number of benzene rings is 1. The smallest absolute Gasteiger partial charge is 0.409 e. The van der Waals surface area contributed by atoms with Crippen LogP contribution in [-0.2, 0) is 19.1 Å². The average molecular weight is 570 g/mol. The molecule has 2 saturated heterocycles. The number of hydrogen-bond donors (Lipinski definition) is 3. The summed E-state index contributed by atoms with van der Waals surface area (Å²) in [7, 11) is 0. The summed E-state index contributed by atoms with van der Waals surface area (Å²) in [5.41, 5.74) is 1.67. The number of carbonyl (C=O) groups excluding carboxylic acids is 3. The van der Waals surface area contributed by atoms with Crippen LogP contribution < -0.4 is 15.4 Å². The van der Waals surface area contributed by atoms with Crippen LogP contribution in [0.25, 0.3) is 11.4 Å². The number of nitrogens with one attached hydrogen (secondary N) is 2. The van der Waals surface area contributed by atoms with Crippen molar-refractivity contribution in [3.05, 3.63) is 41.6 Å². The minimum atomic E-state index is -1.15. The van der Waals surface area contributed by atoms with Gasteiger partial charge in [-0.1, -0.05) is 29.8 Å².